The Morgan fingerprint density at radius 3 is 2.43 bits per heavy atom. The number of likely N-dealkylation sites (N-methyl/N-ethyl adjacent to an activating group) is 1. The van der Waals surface area contributed by atoms with Gasteiger partial charge in [-0.05, 0) is 47.8 Å². The lowest BCUT2D eigenvalue weighted by molar-refractivity contribution is 0.438. The molecule has 2 rings (SSSR count). The van der Waals surface area contributed by atoms with Crippen molar-refractivity contribution in [2.45, 2.75) is 38.6 Å². The van der Waals surface area contributed by atoms with Crippen LogP contribution in [0.2, 0.25) is 0 Å². The molecular formula is C17H24BrN3. The van der Waals surface area contributed by atoms with Gasteiger partial charge in [0, 0.05) is 19.5 Å². The maximum atomic E-state index is 4.50. The van der Waals surface area contributed by atoms with Crippen molar-refractivity contribution in [3.8, 4) is 0 Å². The minimum Gasteiger partial charge on any atom is -0.316 e. The molecule has 1 aromatic carbocycles. The summed E-state index contributed by atoms with van der Waals surface area (Å²) in [4.78, 5) is 0. The van der Waals surface area contributed by atoms with Gasteiger partial charge in [-0.3, -0.25) is 4.68 Å². The van der Waals surface area contributed by atoms with E-state index in [1.807, 2.05) is 25.7 Å². The van der Waals surface area contributed by atoms with E-state index >= 15 is 0 Å². The number of hydrogen-bond acceptors (Lipinski definition) is 2. The van der Waals surface area contributed by atoms with Crippen LogP contribution in [0.25, 0.3) is 0 Å². The van der Waals surface area contributed by atoms with Crippen LogP contribution in [0.4, 0.5) is 0 Å². The van der Waals surface area contributed by atoms with Gasteiger partial charge in [-0.1, -0.05) is 37.3 Å². The van der Waals surface area contributed by atoms with Crippen LogP contribution in [-0.2, 0) is 13.5 Å². The van der Waals surface area contributed by atoms with Crippen LogP contribution < -0.4 is 5.32 Å². The van der Waals surface area contributed by atoms with Crippen LogP contribution in [0.5, 0.6) is 0 Å². The number of aryl methyl sites for hydroxylation is 2. The smallest absolute Gasteiger partial charge is 0.0738 e. The standard InChI is InChI=1S/C17H24BrN3/c1-5-14(13-9-7-6-8-10-13)15(19-3)11-16-17(18)12(2)20-21(16)4/h6-10,14-15,19H,5,11H2,1-4H3. The predicted molar refractivity (Wildman–Crippen MR) is 91.7 cm³/mol. The van der Waals surface area contributed by atoms with Crippen molar-refractivity contribution < 1.29 is 0 Å². The fourth-order valence-electron chi connectivity index (χ4n) is 3.01. The normalized spacial score (nSPS) is 14.1. The Labute approximate surface area is 135 Å². The monoisotopic (exact) mass is 349 g/mol. The van der Waals surface area contributed by atoms with Gasteiger partial charge in [0.25, 0.3) is 0 Å². The molecule has 0 amide bonds. The topological polar surface area (TPSA) is 29.9 Å². The van der Waals surface area contributed by atoms with E-state index in [-0.39, 0.29) is 0 Å². The molecule has 0 spiro atoms. The number of benzene rings is 1. The zero-order valence-electron chi connectivity index (χ0n) is 13.2. The van der Waals surface area contributed by atoms with E-state index in [2.05, 4.69) is 63.6 Å². The predicted octanol–water partition coefficient (Wildman–Crippen LogP) is 3.82. The van der Waals surface area contributed by atoms with Gasteiger partial charge in [0.05, 0.1) is 15.9 Å². The van der Waals surface area contributed by atoms with Gasteiger partial charge in [-0.25, -0.2) is 0 Å². The third kappa shape index (κ3) is 3.55. The van der Waals surface area contributed by atoms with Gasteiger partial charge in [0.1, 0.15) is 0 Å². The quantitative estimate of drug-likeness (QED) is 0.859. The Balaban J connectivity index is 2.26. The number of halogens is 1. The average Bonchev–Trinajstić information content (AvgIpc) is 2.74. The van der Waals surface area contributed by atoms with Crippen LogP contribution in [0.3, 0.4) is 0 Å². The first-order chi connectivity index (χ1) is 10.1. The maximum Gasteiger partial charge on any atom is 0.0738 e. The lowest BCUT2D eigenvalue weighted by atomic mass is 9.86. The first kappa shape index (κ1) is 16.2. The molecule has 1 aromatic heterocycles. The molecule has 0 aliphatic heterocycles. The molecule has 3 nitrogen and oxygen atoms in total. The van der Waals surface area contributed by atoms with Crippen LogP contribution in [-0.4, -0.2) is 22.9 Å². The Morgan fingerprint density at radius 1 is 1.29 bits per heavy atom. The van der Waals surface area contributed by atoms with Crippen molar-refractivity contribution >= 4 is 15.9 Å². The molecule has 0 saturated heterocycles. The summed E-state index contributed by atoms with van der Waals surface area (Å²) >= 11 is 3.67. The molecule has 21 heavy (non-hydrogen) atoms. The first-order valence-corrected chi connectivity index (χ1v) is 8.27. The van der Waals surface area contributed by atoms with Gasteiger partial charge in [-0.2, -0.15) is 5.10 Å². The second-order valence-corrected chi connectivity index (χ2v) is 6.29. The summed E-state index contributed by atoms with van der Waals surface area (Å²) in [6, 6.07) is 11.2. The van der Waals surface area contributed by atoms with E-state index in [1.54, 1.807) is 0 Å². The maximum absolute atomic E-state index is 4.50. The molecule has 0 radical (unpaired) electrons. The van der Waals surface area contributed by atoms with E-state index < -0.39 is 0 Å². The first-order valence-electron chi connectivity index (χ1n) is 7.48. The summed E-state index contributed by atoms with van der Waals surface area (Å²) in [5, 5.41) is 8.00. The summed E-state index contributed by atoms with van der Waals surface area (Å²) in [6.45, 7) is 4.29. The Morgan fingerprint density at radius 2 is 1.95 bits per heavy atom. The third-order valence-electron chi connectivity index (χ3n) is 4.20. The summed E-state index contributed by atoms with van der Waals surface area (Å²) < 4.78 is 3.12. The fourth-order valence-corrected chi connectivity index (χ4v) is 3.51. The van der Waals surface area contributed by atoms with Crippen molar-refractivity contribution in [2.24, 2.45) is 7.05 Å². The zero-order chi connectivity index (χ0) is 15.4. The largest absolute Gasteiger partial charge is 0.316 e. The van der Waals surface area contributed by atoms with Crippen LogP contribution in [0.1, 0.15) is 36.2 Å². The molecule has 2 aromatic rings. The molecule has 1 N–H and O–H groups in total. The van der Waals surface area contributed by atoms with Crippen molar-refractivity contribution in [1.82, 2.24) is 15.1 Å². The number of aromatic nitrogens is 2. The second-order valence-electron chi connectivity index (χ2n) is 5.49. The third-order valence-corrected chi connectivity index (χ3v) is 5.23. The molecule has 0 aliphatic rings. The lowest BCUT2D eigenvalue weighted by Gasteiger charge is -2.26. The van der Waals surface area contributed by atoms with Gasteiger partial charge < -0.3 is 5.32 Å². The lowest BCUT2D eigenvalue weighted by Crippen LogP contribution is -2.34. The van der Waals surface area contributed by atoms with Crippen molar-refractivity contribution in [3.05, 3.63) is 51.8 Å². The van der Waals surface area contributed by atoms with Gasteiger partial charge in [0.2, 0.25) is 0 Å². The van der Waals surface area contributed by atoms with E-state index in [0.717, 1.165) is 23.0 Å². The number of nitrogens with zero attached hydrogens (tertiary/aromatic N) is 2. The molecule has 2 unspecified atom stereocenters. The van der Waals surface area contributed by atoms with Crippen LogP contribution >= 0.6 is 15.9 Å². The van der Waals surface area contributed by atoms with Crippen molar-refractivity contribution in [3.63, 3.8) is 0 Å². The van der Waals surface area contributed by atoms with Crippen molar-refractivity contribution in [2.75, 3.05) is 7.05 Å². The number of rotatable bonds is 6. The Hall–Kier alpha value is -1.13. The number of nitrogens with one attached hydrogen (secondary N) is 1. The number of hydrogen-bond donors (Lipinski definition) is 1. The minimum absolute atomic E-state index is 0.392. The van der Waals surface area contributed by atoms with E-state index in [1.165, 1.54) is 11.3 Å². The summed E-state index contributed by atoms with van der Waals surface area (Å²) in [7, 11) is 4.07. The Kier molecular flexibility index (Phi) is 5.59. The molecular weight excluding hydrogens is 326 g/mol. The highest BCUT2D eigenvalue weighted by Crippen LogP contribution is 2.28. The molecule has 114 valence electrons. The SMILES string of the molecule is CCC(c1ccccc1)C(Cc1c(Br)c(C)nn1C)NC. The highest BCUT2D eigenvalue weighted by molar-refractivity contribution is 9.10. The van der Waals surface area contributed by atoms with Gasteiger partial charge in [0.15, 0.2) is 0 Å². The average molecular weight is 350 g/mol. The van der Waals surface area contributed by atoms with Crippen molar-refractivity contribution in [1.29, 1.82) is 0 Å². The molecule has 0 saturated carbocycles. The van der Waals surface area contributed by atoms with Crippen LogP contribution in [0.15, 0.2) is 34.8 Å². The Bertz CT molecular complexity index is 577. The molecule has 2 atom stereocenters. The molecule has 4 heteroatoms. The highest BCUT2D eigenvalue weighted by Gasteiger charge is 2.23. The fraction of sp³-hybridized carbons (Fsp3) is 0.471. The summed E-state index contributed by atoms with van der Waals surface area (Å²) in [5.41, 5.74) is 3.70. The van der Waals surface area contributed by atoms with Gasteiger partial charge >= 0.3 is 0 Å². The summed E-state index contributed by atoms with van der Waals surface area (Å²) in [5.74, 6) is 0.498. The molecule has 0 fully saturated rings. The summed E-state index contributed by atoms with van der Waals surface area (Å²) in [6.07, 6.45) is 2.08. The minimum atomic E-state index is 0.392. The highest BCUT2D eigenvalue weighted by atomic mass is 79.9. The zero-order valence-corrected chi connectivity index (χ0v) is 14.8. The van der Waals surface area contributed by atoms with Crippen LogP contribution in [0, 0.1) is 6.92 Å². The molecule has 0 aliphatic carbocycles. The van der Waals surface area contributed by atoms with E-state index in [4.69, 9.17) is 0 Å². The van der Waals surface area contributed by atoms with Gasteiger partial charge in [-0.15, -0.1) is 0 Å². The second kappa shape index (κ2) is 7.23. The van der Waals surface area contributed by atoms with E-state index in [0.29, 0.717) is 12.0 Å². The molecule has 1 heterocycles. The molecule has 0 bridgehead atoms. The van der Waals surface area contributed by atoms with E-state index in [9.17, 15) is 0 Å².